The SMILES string of the molecule is Cc1cccn2cc(COc3ccccc3C(=O)NCc3ccc(CN4CCN(C)CC4)cc3)nc12. The summed E-state index contributed by atoms with van der Waals surface area (Å²) in [4.78, 5) is 22.5. The van der Waals surface area contributed by atoms with E-state index in [2.05, 4.69) is 51.4 Å². The Bertz CT molecular complexity index is 1320. The number of pyridine rings is 1. The van der Waals surface area contributed by atoms with Crippen LogP contribution in [-0.2, 0) is 19.7 Å². The molecule has 3 heterocycles. The van der Waals surface area contributed by atoms with Gasteiger partial charge in [0.05, 0.1) is 11.3 Å². The second-order valence-electron chi connectivity index (χ2n) is 9.52. The molecule has 0 saturated carbocycles. The molecule has 2 aromatic heterocycles. The second-order valence-corrected chi connectivity index (χ2v) is 9.52. The largest absolute Gasteiger partial charge is 0.486 e. The summed E-state index contributed by atoms with van der Waals surface area (Å²) in [5, 5.41) is 3.03. The topological polar surface area (TPSA) is 62.1 Å². The summed E-state index contributed by atoms with van der Waals surface area (Å²) in [5.41, 5.74) is 5.73. The number of imidazole rings is 1. The number of piperazine rings is 1. The van der Waals surface area contributed by atoms with Gasteiger partial charge in [-0.25, -0.2) is 4.98 Å². The van der Waals surface area contributed by atoms with Gasteiger partial charge in [0.25, 0.3) is 5.91 Å². The number of aromatic nitrogens is 2. The molecule has 7 heteroatoms. The number of para-hydroxylation sites is 1. The molecular weight excluding hydrogens is 450 g/mol. The predicted molar refractivity (Wildman–Crippen MR) is 141 cm³/mol. The van der Waals surface area contributed by atoms with Crippen LogP contribution in [0.15, 0.2) is 73.1 Å². The van der Waals surface area contributed by atoms with Crippen molar-refractivity contribution < 1.29 is 9.53 Å². The Labute approximate surface area is 212 Å². The van der Waals surface area contributed by atoms with Crippen LogP contribution in [0.3, 0.4) is 0 Å². The zero-order valence-corrected chi connectivity index (χ0v) is 21.0. The maximum atomic E-state index is 13.0. The highest BCUT2D eigenvalue weighted by Crippen LogP contribution is 2.20. The van der Waals surface area contributed by atoms with Gasteiger partial charge in [0.1, 0.15) is 18.0 Å². The number of ether oxygens (including phenoxy) is 1. The van der Waals surface area contributed by atoms with E-state index >= 15 is 0 Å². The zero-order valence-electron chi connectivity index (χ0n) is 21.0. The summed E-state index contributed by atoms with van der Waals surface area (Å²) >= 11 is 0. The van der Waals surface area contributed by atoms with Crippen LogP contribution < -0.4 is 10.1 Å². The number of carbonyl (C=O) groups excluding carboxylic acids is 1. The quantitative estimate of drug-likeness (QED) is 0.412. The lowest BCUT2D eigenvalue weighted by Gasteiger charge is -2.32. The predicted octanol–water partition coefficient (Wildman–Crippen LogP) is 3.90. The Hall–Kier alpha value is -3.68. The van der Waals surface area contributed by atoms with Crippen LogP contribution in [0.2, 0.25) is 0 Å². The van der Waals surface area contributed by atoms with Crippen molar-refractivity contribution >= 4 is 11.6 Å². The van der Waals surface area contributed by atoms with E-state index in [-0.39, 0.29) is 5.91 Å². The number of amides is 1. The van der Waals surface area contributed by atoms with Gasteiger partial charge in [-0.1, -0.05) is 42.5 Å². The van der Waals surface area contributed by atoms with Crippen molar-refractivity contribution in [3.05, 3.63) is 101 Å². The first-order valence-corrected chi connectivity index (χ1v) is 12.5. The lowest BCUT2D eigenvalue weighted by molar-refractivity contribution is 0.0946. The fourth-order valence-corrected chi connectivity index (χ4v) is 4.51. The summed E-state index contributed by atoms with van der Waals surface area (Å²) in [6, 6.07) is 19.9. The minimum Gasteiger partial charge on any atom is -0.486 e. The second kappa shape index (κ2) is 10.9. The fourth-order valence-electron chi connectivity index (χ4n) is 4.51. The Kier molecular flexibility index (Phi) is 7.30. The molecule has 0 atom stereocenters. The molecule has 1 saturated heterocycles. The van der Waals surface area contributed by atoms with Gasteiger partial charge in [-0.05, 0) is 48.9 Å². The van der Waals surface area contributed by atoms with E-state index in [1.54, 1.807) is 6.07 Å². The first-order valence-electron chi connectivity index (χ1n) is 12.5. The van der Waals surface area contributed by atoms with Crippen LogP contribution in [0, 0.1) is 6.92 Å². The number of nitrogens with one attached hydrogen (secondary N) is 1. The van der Waals surface area contributed by atoms with Crippen LogP contribution in [0.4, 0.5) is 0 Å². The maximum Gasteiger partial charge on any atom is 0.255 e. The molecule has 5 rings (SSSR count). The molecule has 4 aromatic rings. The van der Waals surface area contributed by atoms with Gasteiger partial charge < -0.3 is 19.4 Å². The van der Waals surface area contributed by atoms with Crippen molar-refractivity contribution in [2.24, 2.45) is 0 Å². The highest BCUT2D eigenvalue weighted by Gasteiger charge is 2.15. The molecule has 36 heavy (non-hydrogen) atoms. The third-order valence-corrected chi connectivity index (χ3v) is 6.71. The van der Waals surface area contributed by atoms with Crippen molar-refractivity contribution in [3.63, 3.8) is 0 Å². The van der Waals surface area contributed by atoms with E-state index in [4.69, 9.17) is 4.74 Å². The highest BCUT2D eigenvalue weighted by molar-refractivity contribution is 5.96. The molecule has 186 valence electrons. The number of hydrogen-bond acceptors (Lipinski definition) is 5. The zero-order chi connectivity index (χ0) is 24.9. The molecule has 0 aliphatic carbocycles. The minimum absolute atomic E-state index is 0.155. The van der Waals surface area contributed by atoms with Gasteiger partial charge in [0, 0.05) is 51.7 Å². The Morgan fingerprint density at radius 3 is 2.50 bits per heavy atom. The van der Waals surface area contributed by atoms with Crippen molar-refractivity contribution in [2.45, 2.75) is 26.6 Å². The molecule has 2 aromatic carbocycles. The van der Waals surface area contributed by atoms with Gasteiger partial charge in [-0.15, -0.1) is 0 Å². The van der Waals surface area contributed by atoms with Gasteiger partial charge in [0.2, 0.25) is 0 Å². The van der Waals surface area contributed by atoms with Gasteiger partial charge in [-0.2, -0.15) is 0 Å². The average molecular weight is 484 g/mol. The summed E-state index contributed by atoms with van der Waals surface area (Å²) in [7, 11) is 2.17. The Morgan fingerprint density at radius 2 is 1.72 bits per heavy atom. The van der Waals surface area contributed by atoms with E-state index in [1.807, 2.05) is 54.0 Å². The smallest absolute Gasteiger partial charge is 0.255 e. The molecule has 0 radical (unpaired) electrons. The van der Waals surface area contributed by atoms with E-state index in [9.17, 15) is 4.79 Å². The first kappa shape index (κ1) is 24.0. The number of likely N-dealkylation sites (N-methyl/N-ethyl adjacent to an activating group) is 1. The summed E-state index contributed by atoms with van der Waals surface area (Å²) in [6.45, 7) is 8.21. The van der Waals surface area contributed by atoms with E-state index in [0.29, 0.717) is 24.5 Å². The number of fused-ring (bicyclic) bond motifs is 1. The van der Waals surface area contributed by atoms with Crippen molar-refractivity contribution in [1.82, 2.24) is 24.5 Å². The number of rotatable bonds is 8. The molecule has 0 bridgehead atoms. The van der Waals surface area contributed by atoms with E-state index in [0.717, 1.165) is 55.2 Å². The minimum atomic E-state index is -0.155. The van der Waals surface area contributed by atoms with Crippen LogP contribution in [0.1, 0.15) is 32.7 Å². The maximum absolute atomic E-state index is 13.0. The molecule has 0 spiro atoms. The Morgan fingerprint density at radius 1 is 0.972 bits per heavy atom. The molecular formula is C29H33N5O2. The third kappa shape index (κ3) is 5.75. The molecule has 1 aliphatic heterocycles. The van der Waals surface area contributed by atoms with Crippen LogP contribution in [-0.4, -0.2) is 58.3 Å². The first-order chi connectivity index (χ1) is 17.5. The lowest BCUT2D eigenvalue weighted by Crippen LogP contribution is -2.43. The van der Waals surface area contributed by atoms with Gasteiger partial charge >= 0.3 is 0 Å². The summed E-state index contributed by atoms with van der Waals surface area (Å²) in [5.74, 6) is 0.393. The van der Waals surface area contributed by atoms with Crippen molar-refractivity contribution in [2.75, 3.05) is 33.2 Å². The number of carbonyl (C=O) groups is 1. The Balaban J connectivity index is 1.16. The summed E-state index contributed by atoms with van der Waals surface area (Å²) < 4.78 is 8.01. The number of benzene rings is 2. The number of hydrogen-bond donors (Lipinski definition) is 1. The van der Waals surface area contributed by atoms with Crippen LogP contribution in [0.25, 0.3) is 5.65 Å². The molecule has 1 fully saturated rings. The van der Waals surface area contributed by atoms with Crippen molar-refractivity contribution in [3.8, 4) is 5.75 Å². The molecule has 1 amide bonds. The van der Waals surface area contributed by atoms with Crippen LogP contribution >= 0.6 is 0 Å². The highest BCUT2D eigenvalue weighted by atomic mass is 16.5. The molecule has 1 N–H and O–H groups in total. The monoisotopic (exact) mass is 483 g/mol. The van der Waals surface area contributed by atoms with Crippen LogP contribution in [0.5, 0.6) is 5.75 Å². The normalized spacial score (nSPS) is 14.7. The van der Waals surface area contributed by atoms with Gasteiger partial charge in [0.15, 0.2) is 0 Å². The summed E-state index contributed by atoms with van der Waals surface area (Å²) in [6.07, 6.45) is 3.93. The molecule has 0 unspecified atom stereocenters. The van der Waals surface area contributed by atoms with Crippen molar-refractivity contribution in [1.29, 1.82) is 0 Å². The van der Waals surface area contributed by atoms with E-state index in [1.165, 1.54) is 5.56 Å². The van der Waals surface area contributed by atoms with Gasteiger partial charge in [-0.3, -0.25) is 9.69 Å². The fraction of sp³-hybridized carbons (Fsp3) is 0.310. The standard InChI is InChI=1S/C29H33N5O2/c1-22-6-5-13-34-20-25(31-28(22)34)21-36-27-8-4-3-7-26(27)29(35)30-18-23-9-11-24(12-10-23)19-33-16-14-32(2)15-17-33/h3-13,20H,14-19,21H2,1-2H3,(H,30,35). The molecule has 1 aliphatic rings. The number of aryl methyl sites for hydroxylation is 1. The molecule has 7 nitrogen and oxygen atoms in total. The average Bonchev–Trinajstić information content (AvgIpc) is 3.33. The third-order valence-electron chi connectivity index (χ3n) is 6.71. The number of nitrogens with zero attached hydrogens (tertiary/aromatic N) is 4. The van der Waals surface area contributed by atoms with E-state index < -0.39 is 0 Å². The lowest BCUT2D eigenvalue weighted by atomic mass is 10.1.